The molecular weight excluding hydrogens is 452 g/mol. The zero-order valence-electron chi connectivity index (χ0n) is 20.4. The quantitative estimate of drug-likeness (QED) is 0.318. The molecule has 1 aliphatic rings. The Morgan fingerprint density at radius 3 is 2.26 bits per heavy atom. The Morgan fingerprint density at radius 2 is 1.63 bits per heavy atom. The van der Waals surface area contributed by atoms with Crippen LogP contribution < -0.4 is 10.2 Å². The number of nitrogens with one attached hydrogen (secondary N) is 1. The number of nitrogens with zero attached hydrogens (tertiary/aromatic N) is 3. The molecule has 3 heterocycles. The fourth-order valence-electron chi connectivity index (χ4n) is 5.05. The molecule has 2 aromatic carbocycles. The van der Waals surface area contributed by atoms with E-state index in [4.69, 9.17) is 12.2 Å². The van der Waals surface area contributed by atoms with Crippen LogP contribution in [-0.2, 0) is 0 Å². The van der Waals surface area contributed by atoms with Crippen molar-refractivity contribution in [2.45, 2.75) is 45.7 Å². The molecule has 0 unspecified atom stereocenters. The van der Waals surface area contributed by atoms with Gasteiger partial charge < -0.3 is 19.9 Å². The van der Waals surface area contributed by atoms with Crippen LogP contribution in [0, 0.1) is 13.8 Å². The second-order valence-electron chi connectivity index (χ2n) is 9.42. The van der Waals surface area contributed by atoms with Crippen molar-refractivity contribution in [2.75, 3.05) is 4.90 Å². The van der Waals surface area contributed by atoms with Crippen molar-refractivity contribution in [1.29, 1.82) is 0 Å². The molecule has 5 rings (SSSR count). The SMILES string of the molecule is Cc1cc([C@H]2[C@@H](c3ccccn3)NC(=S)N2c2ccc(C(C)C)cc2)c(C)n1-c1ccc(O)cc1. The van der Waals surface area contributed by atoms with Crippen molar-refractivity contribution >= 4 is 23.0 Å². The number of thiocarbonyl (C=S) groups is 1. The molecule has 2 aromatic heterocycles. The van der Waals surface area contributed by atoms with Gasteiger partial charge in [0.2, 0.25) is 0 Å². The average molecular weight is 483 g/mol. The normalized spacial score (nSPS) is 17.7. The van der Waals surface area contributed by atoms with E-state index in [2.05, 4.69) is 83.9 Å². The molecule has 2 atom stereocenters. The first kappa shape index (κ1) is 23.1. The highest BCUT2D eigenvalue weighted by atomic mass is 32.1. The van der Waals surface area contributed by atoms with Crippen LogP contribution in [-0.4, -0.2) is 19.8 Å². The number of rotatable bonds is 5. The van der Waals surface area contributed by atoms with Crippen LogP contribution in [0.15, 0.2) is 79.0 Å². The molecule has 6 heteroatoms. The molecule has 1 saturated heterocycles. The van der Waals surface area contributed by atoms with E-state index >= 15 is 0 Å². The van der Waals surface area contributed by atoms with Gasteiger partial charge in [-0.15, -0.1) is 0 Å². The number of anilines is 1. The van der Waals surface area contributed by atoms with Gasteiger partial charge in [-0.05, 0) is 97.7 Å². The molecule has 4 aromatic rings. The predicted molar refractivity (Wildman–Crippen MR) is 145 cm³/mol. The predicted octanol–water partition coefficient (Wildman–Crippen LogP) is 6.50. The summed E-state index contributed by atoms with van der Waals surface area (Å²) in [5, 5.41) is 14.0. The largest absolute Gasteiger partial charge is 0.508 e. The van der Waals surface area contributed by atoms with E-state index in [-0.39, 0.29) is 17.8 Å². The highest BCUT2D eigenvalue weighted by Gasteiger charge is 2.42. The minimum Gasteiger partial charge on any atom is -0.508 e. The summed E-state index contributed by atoms with van der Waals surface area (Å²) >= 11 is 5.90. The summed E-state index contributed by atoms with van der Waals surface area (Å²) in [4.78, 5) is 6.90. The Balaban J connectivity index is 1.65. The first-order valence-corrected chi connectivity index (χ1v) is 12.3. The van der Waals surface area contributed by atoms with Crippen LogP contribution in [0.5, 0.6) is 5.75 Å². The van der Waals surface area contributed by atoms with E-state index in [9.17, 15) is 5.11 Å². The fraction of sp³-hybridized carbons (Fsp3) is 0.241. The molecule has 0 saturated carbocycles. The van der Waals surface area contributed by atoms with E-state index in [0.717, 1.165) is 28.5 Å². The summed E-state index contributed by atoms with van der Waals surface area (Å²) in [5.41, 5.74) is 7.77. The lowest BCUT2D eigenvalue weighted by Gasteiger charge is -2.28. The number of phenolic OH excluding ortho intramolecular Hbond substituents is 1. The van der Waals surface area contributed by atoms with Crippen molar-refractivity contribution < 1.29 is 5.11 Å². The summed E-state index contributed by atoms with van der Waals surface area (Å²) in [5.74, 6) is 0.724. The van der Waals surface area contributed by atoms with Crippen molar-refractivity contribution in [3.63, 3.8) is 0 Å². The van der Waals surface area contributed by atoms with Gasteiger partial charge in [0.15, 0.2) is 5.11 Å². The zero-order chi connectivity index (χ0) is 24.7. The molecule has 0 spiro atoms. The number of pyridine rings is 1. The van der Waals surface area contributed by atoms with Gasteiger partial charge in [-0.25, -0.2) is 0 Å². The molecular formula is C29H30N4OS. The third kappa shape index (κ3) is 4.19. The van der Waals surface area contributed by atoms with E-state index < -0.39 is 0 Å². The fourth-order valence-corrected chi connectivity index (χ4v) is 5.40. The van der Waals surface area contributed by atoms with E-state index in [0.29, 0.717) is 11.0 Å². The van der Waals surface area contributed by atoms with E-state index in [1.807, 2.05) is 30.5 Å². The number of aromatic nitrogens is 2. The third-order valence-electron chi connectivity index (χ3n) is 6.83. The number of benzene rings is 2. The van der Waals surface area contributed by atoms with Crippen LogP contribution >= 0.6 is 12.2 Å². The van der Waals surface area contributed by atoms with Gasteiger partial charge >= 0.3 is 0 Å². The molecule has 5 nitrogen and oxygen atoms in total. The van der Waals surface area contributed by atoms with Gasteiger partial charge in [-0.1, -0.05) is 32.0 Å². The van der Waals surface area contributed by atoms with Gasteiger partial charge in [-0.3, -0.25) is 4.98 Å². The van der Waals surface area contributed by atoms with Crippen molar-refractivity contribution in [2.24, 2.45) is 0 Å². The maximum Gasteiger partial charge on any atom is 0.174 e. The molecule has 0 amide bonds. The maximum absolute atomic E-state index is 9.78. The summed E-state index contributed by atoms with van der Waals surface area (Å²) in [6.45, 7) is 8.66. The molecule has 35 heavy (non-hydrogen) atoms. The molecule has 1 aliphatic heterocycles. The smallest absolute Gasteiger partial charge is 0.174 e. The summed E-state index contributed by atoms with van der Waals surface area (Å²) in [7, 11) is 0. The molecule has 2 N–H and O–H groups in total. The van der Waals surface area contributed by atoms with Crippen LogP contribution in [0.4, 0.5) is 5.69 Å². The van der Waals surface area contributed by atoms with Crippen molar-refractivity contribution in [3.8, 4) is 11.4 Å². The second kappa shape index (κ2) is 9.19. The lowest BCUT2D eigenvalue weighted by molar-refractivity contribution is 0.475. The highest BCUT2D eigenvalue weighted by molar-refractivity contribution is 7.80. The topological polar surface area (TPSA) is 53.3 Å². The third-order valence-corrected chi connectivity index (χ3v) is 7.15. The van der Waals surface area contributed by atoms with Gasteiger partial charge in [0, 0.05) is 29.0 Å². The second-order valence-corrected chi connectivity index (χ2v) is 9.81. The van der Waals surface area contributed by atoms with E-state index in [1.54, 1.807) is 12.1 Å². The van der Waals surface area contributed by atoms with Crippen LogP contribution in [0.2, 0.25) is 0 Å². The van der Waals surface area contributed by atoms with Gasteiger partial charge in [-0.2, -0.15) is 0 Å². The summed E-state index contributed by atoms with van der Waals surface area (Å²) in [6.07, 6.45) is 1.83. The van der Waals surface area contributed by atoms with Crippen LogP contribution in [0.1, 0.15) is 60.1 Å². The summed E-state index contributed by atoms with van der Waals surface area (Å²) < 4.78 is 2.23. The molecule has 178 valence electrons. The number of hydrogen-bond acceptors (Lipinski definition) is 3. The average Bonchev–Trinajstić information content (AvgIpc) is 3.35. The molecule has 0 aliphatic carbocycles. The number of aromatic hydroxyl groups is 1. The number of phenols is 1. The van der Waals surface area contributed by atoms with Gasteiger partial charge in [0.1, 0.15) is 5.75 Å². The number of hydrogen-bond donors (Lipinski definition) is 2. The molecule has 1 fully saturated rings. The van der Waals surface area contributed by atoms with Gasteiger partial charge in [0.25, 0.3) is 0 Å². The van der Waals surface area contributed by atoms with Crippen molar-refractivity contribution in [1.82, 2.24) is 14.9 Å². The number of aryl methyl sites for hydroxylation is 1. The first-order valence-electron chi connectivity index (χ1n) is 11.9. The van der Waals surface area contributed by atoms with Crippen LogP contribution in [0.3, 0.4) is 0 Å². The lowest BCUT2D eigenvalue weighted by Crippen LogP contribution is -2.29. The lowest BCUT2D eigenvalue weighted by atomic mass is 9.96. The minimum atomic E-state index is -0.0951. The Bertz CT molecular complexity index is 1340. The monoisotopic (exact) mass is 482 g/mol. The van der Waals surface area contributed by atoms with Crippen molar-refractivity contribution in [3.05, 3.63) is 107 Å². The van der Waals surface area contributed by atoms with Crippen LogP contribution in [0.25, 0.3) is 5.69 Å². The standard InChI is InChI=1S/C29H30N4OS/c1-18(2)21-8-10-23(11-9-21)33-28(27(31-29(33)35)26-7-5-6-16-30-26)25-17-19(3)32(20(25)4)22-12-14-24(34)15-13-22/h5-18,27-28,34H,1-4H3,(H,31,35)/t27-,28+/m1/s1. The minimum absolute atomic E-state index is 0.0700. The molecule has 0 bridgehead atoms. The van der Waals surface area contributed by atoms with Gasteiger partial charge in [0.05, 0.1) is 17.8 Å². The Kier molecular flexibility index (Phi) is 6.07. The Morgan fingerprint density at radius 1 is 0.943 bits per heavy atom. The zero-order valence-corrected chi connectivity index (χ0v) is 21.3. The Hall–Kier alpha value is -3.64. The summed E-state index contributed by atoms with van der Waals surface area (Å²) in [6, 6.07) is 24.1. The molecule has 0 radical (unpaired) electrons. The van der Waals surface area contributed by atoms with E-state index in [1.165, 1.54) is 11.1 Å². The first-order chi connectivity index (χ1) is 16.8. The Labute approximate surface area is 212 Å². The highest BCUT2D eigenvalue weighted by Crippen LogP contribution is 2.44. The maximum atomic E-state index is 9.78.